The van der Waals surface area contributed by atoms with Crippen LogP contribution in [0.4, 0.5) is 34.1 Å². The molecule has 0 spiro atoms. The smallest absolute Gasteiger partial charge is 0.166 e. The van der Waals surface area contributed by atoms with Crippen molar-refractivity contribution in [2.24, 2.45) is 0 Å². The Balaban J connectivity index is 1.21. The van der Waals surface area contributed by atoms with Gasteiger partial charge < -0.3 is 24.0 Å². The summed E-state index contributed by atoms with van der Waals surface area (Å²) in [6.07, 6.45) is 0. The van der Waals surface area contributed by atoms with Crippen molar-refractivity contribution in [3.8, 4) is 67.9 Å². The predicted molar refractivity (Wildman–Crippen MR) is 260 cm³/mol. The minimum Gasteiger partial charge on any atom is -0.457 e. The molecule has 8 aromatic rings. The molecule has 306 valence electrons. The molecule has 0 radical (unpaired) electrons. The van der Waals surface area contributed by atoms with Gasteiger partial charge in [0.25, 0.3) is 0 Å². The van der Waals surface area contributed by atoms with Gasteiger partial charge in [0.05, 0.1) is 22.7 Å². The molecule has 0 bridgehead atoms. The molecule has 0 atom stereocenters. The highest BCUT2D eigenvalue weighted by molar-refractivity contribution is 7.15. The second-order valence-electron chi connectivity index (χ2n) is 19.9. The largest absolute Gasteiger partial charge is 0.457 e. The van der Waals surface area contributed by atoms with Gasteiger partial charge in [-0.3, -0.25) is 0 Å². The Morgan fingerprint density at radius 1 is 0.381 bits per heavy atom. The summed E-state index contributed by atoms with van der Waals surface area (Å²) >= 11 is 0. The number of rotatable bonds is 3. The third-order valence-corrected chi connectivity index (χ3v) is 18.5. The van der Waals surface area contributed by atoms with Crippen LogP contribution in [0.25, 0.3) is 33.4 Å². The number of fused-ring (bicyclic) bond motifs is 6. The van der Waals surface area contributed by atoms with Crippen molar-refractivity contribution < 1.29 is 14.2 Å². The molecule has 0 aliphatic carbocycles. The summed E-state index contributed by atoms with van der Waals surface area (Å²) in [5.41, 5.74) is 15.4. The van der Waals surface area contributed by atoms with Crippen molar-refractivity contribution in [1.82, 2.24) is 0 Å². The van der Waals surface area contributed by atoms with Crippen LogP contribution in [0.1, 0.15) is 52.7 Å². The maximum atomic E-state index is 7.45. The van der Waals surface area contributed by atoms with E-state index in [0.717, 1.165) is 90.6 Å². The van der Waals surface area contributed by atoms with Crippen LogP contribution < -0.4 is 39.6 Å². The maximum absolute atomic E-state index is 7.45. The molecule has 0 aromatic heterocycles. The van der Waals surface area contributed by atoms with Crippen molar-refractivity contribution >= 4 is 57.8 Å². The second-order valence-corrected chi connectivity index (χ2v) is 23.7. The standard InChI is InChI=1S/C57H46N2O3Si/c1-56(2,3)37-23-25-41-45(29-37)61-51-39(34-19-13-9-14-20-34)31-47-54-49(51)58(41)43-27-36(33-17-11-8-12-18-33)28-44-53(43)63(54,7)55-48(60-47)32-40(35-21-15-10-16-22-35)52-50(55)59(44)42-26-24-38(57(4,5)6)30-46(42)62-52/h8-32H,1-7H3. The molecule has 0 fully saturated rings. The fourth-order valence-corrected chi connectivity index (χ4v) is 15.7. The van der Waals surface area contributed by atoms with Gasteiger partial charge in [0.2, 0.25) is 0 Å². The van der Waals surface area contributed by atoms with E-state index < -0.39 is 8.07 Å². The Hall–Kier alpha value is -7.02. The van der Waals surface area contributed by atoms with E-state index in [1.807, 2.05) is 0 Å². The zero-order valence-electron chi connectivity index (χ0n) is 36.6. The Labute approximate surface area is 369 Å². The molecule has 0 saturated carbocycles. The van der Waals surface area contributed by atoms with Gasteiger partial charge in [0, 0.05) is 32.9 Å². The SMILES string of the molecule is CC(C)(C)c1ccc2c(c1)Oc1c(-c3ccccc3)cc3c4c1N2c1cc(-c2ccccc2)cc2c1[Si]4(C)c1c(cc(-c4ccccc4)c4c1N2c1ccc(C(C)(C)C)cc1O4)O3. The highest BCUT2D eigenvalue weighted by Gasteiger charge is 2.59. The zero-order valence-corrected chi connectivity index (χ0v) is 37.6. The van der Waals surface area contributed by atoms with E-state index in [9.17, 15) is 0 Å². The van der Waals surface area contributed by atoms with Crippen molar-refractivity contribution in [3.63, 3.8) is 0 Å². The first-order valence-electron chi connectivity index (χ1n) is 22.1. The minimum absolute atomic E-state index is 0.0720. The van der Waals surface area contributed by atoms with Gasteiger partial charge in [0.1, 0.15) is 11.5 Å². The van der Waals surface area contributed by atoms with Gasteiger partial charge in [-0.15, -0.1) is 0 Å². The third-order valence-electron chi connectivity index (χ3n) is 14.0. The number of nitrogens with zero attached hydrogens (tertiary/aromatic N) is 2. The summed E-state index contributed by atoms with van der Waals surface area (Å²) in [6.45, 7) is 16.2. The summed E-state index contributed by atoms with van der Waals surface area (Å²) in [6, 6.07) is 55.2. The van der Waals surface area contributed by atoms with Crippen LogP contribution in [0, 0.1) is 0 Å². The Morgan fingerprint density at radius 3 is 1.21 bits per heavy atom. The van der Waals surface area contributed by atoms with Crippen LogP contribution in [0.2, 0.25) is 6.55 Å². The molecule has 0 amide bonds. The fraction of sp³-hybridized carbons (Fsp3) is 0.158. The first-order chi connectivity index (χ1) is 30.4. The number of hydrogen-bond donors (Lipinski definition) is 0. The van der Waals surface area contributed by atoms with Crippen molar-refractivity contribution in [2.45, 2.75) is 58.9 Å². The lowest BCUT2D eigenvalue weighted by atomic mass is 9.86. The van der Waals surface area contributed by atoms with Crippen LogP contribution in [0.5, 0.6) is 34.5 Å². The van der Waals surface area contributed by atoms with Crippen LogP contribution >= 0.6 is 0 Å². The molecule has 0 N–H and O–H groups in total. The zero-order chi connectivity index (χ0) is 42.7. The molecule has 5 aliphatic rings. The summed E-state index contributed by atoms with van der Waals surface area (Å²) in [5.74, 6) is 5.22. The molecule has 0 unspecified atom stereocenters. The minimum atomic E-state index is -2.98. The highest BCUT2D eigenvalue weighted by Crippen LogP contribution is 2.64. The number of ether oxygens (including phenoxy) is 3. The average molecular weight is 835 g/mol. The van der Waals surface area contributed by atoms with E-state index in [2.05, 4.69) is 210 Å². The molecule has 8 aromatic carbocycles. The van der Waals surface area contributed by atoms with Gasteiger partial charge in [-0.05, 0) is 97.9 Å². The highest BCUT2D eigenvalue weighted by atomic mass is 28.3. The molecule has 13 rings (SSSR count). The lowest BCUT2D eigenvalue weighted by Gasteiger charge is -2.54. The number of hydrogen-bond acceptors (Lipinski definition) is 5. The molecule has 5 aliphatic heterocycles. The van der Waals surface area contributed by atoms with Gasteiger partial charge in [-0.25, -0.2) is 0 Å². The molecule has 0 saturated heterocycles. The molecule has 5 heterocycles. The maximum Gasteiger partial charge on any atom is 0.166 e. The van der Waals surface area contributed by atoms with E-state index in [0.29, 0.717) is 0 Å². The monoisotopic (exact) mass is 834 g/mol. The Morgan fingerprint density at radius 2 is 0.794 bits per heavy atom. The first kappa shape index (κ1) is 36.6. The van der Waals surface area contributed by atoms with E-state index in [-0.39, 0.29) is 10.8 Å². The predicted octanol–water partition coefficient (Wildman–Crippen LogP) is 14.3. The van der Waals surface area contributed by atoms with Crippen molar-refractivity contribution in [2.75, 3.05) is 9.80 Å². The molecule has 63 heavy (non-hydrogen) atoms. The van der Waals surface area contributed by atoms with E-state index in [1.54, 1.807) is 0 Å². The quantitative estimate of drug-likeness (QED) is 0.166. The van der Waals surface area contributed by atoms with Gasteiger partial charge in [-0.2, -0.15) is 0 Å². The molecule has 5 nitrogen and oxygen atoms in total. The normalized spacial score (nSPS) is 15.0. The Bertz CT molecular complexity index is 3100. The van der Waals surface area contributed by atoms with E-state index >= 15 is 0 Å². The Kier molecular flexibility index (Phi) is 7.17. The number of anilines is 6. The van der Waals surface area contributed by atoms with Gasteiger partial charge in [-0.1, -0.05) is 151 Å². The van der Waals surface area contributed by atoms with E-state index in [4.69, 9.17) is 14.2 Å². The number of benzene rings is 8. The molecular weight excluding hydrogens is 789 g/mol. The van der Waals surface area contributed by atoms with Crippen LogP contribution in [-0.4, -0.2) is 8.07 Å². The second kappa shape index (κ2) is 12.3. The average Bonchev–Trinajstić information content (AvgIpc) is 3.28. The third kappa shape index (κ3) is 4.93. The topological polar surface area (TPSA) is 34.2 Å². The van der Waals surface area contributed by atoms with Gasteiger partial charge in [0.15, 0.2) is 31.1 Å². The molecular formula is C57H46N2O3Si. The fourth-order valence-electron chi connectivity index (χ4n) is 10.9. The lowest BCUT2D eigenvalue weighted by molar-refractivity contribution is 0.462. The summed E-state index contributed by atoms with van der Waals surface area (Å²) in [5, 5.41) is 3.84. The van der Waals surface area contributed by atoms with E-state index in [1.165, 1.54) is 38.1 Å². The summed E-state index contributed by atoms with van der Waals surface area (Å²) in [4.78, 5) is 5.04. The van der Waals surface area contributed by atoms with Crippen molar-refractivity contribution in [3.05, 3.63) is 163 Å². The lowest BCUT2D eigenvalue weighted by Crippen LogP contribution is -2.73. The van der Waals surface area contributed by atoms with Crippen LogP contribution in [0.3, 0.4) is 0 Å². The van der Waals surface area contributed by atoms with Crippen molar-refractivity contribution in [1.29, 1.82) is 0 Å². The summed E-state index contributed by atoms with van der Waals surface area (Å²) < 4.78 is 22.2. The van der Waals surface area contributed by atoms with Crippen LogP contribution in [0.15, 0.2) is 152 Å². The summed E-state index contributed by atoms with van der Waals surface area (Å²) in [7, 11) is -2.98. The van der Waals surface area contributed by atoms with Crippen LogP contribution in [-0.2, 0) is 10.8 Å². The van der Waals surface area contributed by atoms with Gasteiger partial charge >= 0.3 is 0 Å². The first-order valence-corrected chi connectivity index (χ1v) is 24.6. The molecule has 6 heteroatoms.